The molecule has 1 aromatic carbocycles. The summed E-state index contributed by atoms with van der Waals surface area (Å²) >= 11 is 6.01. The highest BCUT2D eigenvalue weighted by atomic mass is 35.5. The molecule has 0 bridgehead atoms. The average molecular weight is 304 g/mol. The molecule has 110 valence electrons. The van der Waals surface area contributed by atoms with E-state index in [2.05, 4.69) is 23.1 Å². The SMILES string of the molecule is CCC=C1COC(Cn2cncn2)(c2ccc(Cl)cc2)C1. The zero-order valence-electron chi connectivity index (χ0n) is 12.0. The second-order valence-corrected chi connectivity index (χ2v) is 5.77. The molecule has 1 fully saturated rings. The van der Waals surface area contributed by atoms with Gasteiger partial charge in [0.05, 0.1) is 13.2 Å². The summed E-state index contributed by atoms with van der Waals surface area (Å²) in [5, 5.41) is 4.95. The van der Waals surface area contributed by atoms with Crippen molar-refractivity contribution in [2.75, 3.05) is 6.61 Å². The fourth-order valence-corrected chi connectivity index (χ4v) is 2.95. The Morgan fingerprint density at radius 3 is 2.86 bits per heavy atom. The normalized spacial score (nSPS) is 23.8. The summed E-state index contributed by atoms with van der Waals surface area (Å²) in [6.07, 6.45) is 7.43. The molecule has 0 radical (unpaired) electrons. The number of rotatable bonds is 4. The average Bonchev–Trinajstić information content (AvgIpc) is 3.11. The van der Waals surface area contributed by atoms with Crippen LogP contribution >= 0.6 is 11.6 Å². The number of ether oxygens (including phenoxy) is 1. The smallest absolute Gasteiger partial charge is 0.137 e. The number of hydrogen-bond acceptors (Lipinski definition) is 3. The third-order valence-electron chi connectivity index (χ3n) is 3.79. The molecular weight excluding hydrogens is 286 g/mol. The highest BCUT2D eigenvalue weighted by molar-refractivity contribution is 6.30. The van der Waals surface area contributed by atoms with Crippen LogP contribution < -0.4 is 0 Å². The van der Waals surface area contributed by atoms with Crippen LogP contribution in [0, 0.1) is 0 Å². The number of hydrogen-bond donors (Lipinski definition) is 0. The summed E-state index contributed by atoms with van der Waals surface area (Å²) in [6, 6.07) is 7.89. The van der Waals surface area contributed by atoms with E-state index in [1.165, 1.54) is 5.57 Å². The number of benzene rings is 1. The van der Waals surface area contributed by atoms with Gasteiger partial charge in [0.25, 0.3) is 0 Å². The topological polar surface area (TPSA) is 39.9 Å². The van der Waals surface area contributed by atoms with Crippen molar-refractivity contribution >= 4 is 11.6 Å². The van der Waals surface area contributed by atoms with Gasteiger partial charge >= 0.3 is 0 Å². The van der Waals surface area contributed by atoms with Crippen LogP contribution in [0.5, 0.6) is 0 Å². The fraction of sp³-hybridized carbons (Fsp3) is 0.375. The monoisotopic (exact) mass is 303 g/mol. The van der Waals surface area contributed by atoms with Gasteiger partial charge < -0.3 is 4.74 Å². The Kier molecular flexibility index (Phi) is 4.08. The summed E-state index contributed by atoms with van der Waals surface area (Å²) in [5.41, 5.74) is 2.08. The second-order valence-electron chi connectivity index (χ2n) is 5.33. The van der Waals surface area contributed by atoms with E-state index >= 15 is 0 Å². The second kappa shape index (κ2) is 6.00. The molecule has 1 aliphatic rings. The molecule has 1 aliphatic heterocycles. The molecule has 0 spiro atoms. The first-order chi connectivity index (χ1) is 10.2. The maximum atomic E-state index is 6.21. The quantitative estimate of drug-likeness (QED) is 0.811. The lowest BCUT2D eigenvalue weighted by molar-refractivity contribution is -0.0166. The zero-order chi connectivity index (χ0) is 14.7. The van der Waals surface area contributed by atoms with Gasteiger partial charge in [0.15, 0.2) is 0 Å². The van der Waals surface area contributed by atoms with E-state index in [9.17, 15) is 0 Å². The first-order valence-corrected chi connectivity index (χ1v) is 7.50. The van der Waals surface area contributed by atoms with Gasteiger partial charge in [-0.25, -0.2) is 9.67 Å². The molecule has 0 amide bonds. The van der Waals surface area contributed by atoms with Crippen molar-refractivity contribution in [3.05, 3.63) is 59.2 Å². The van der Waals surface area contributed by atoms with Crippen LogP contribution in [0.25, 0.3) is 0 Å². The predicted molar refractivity (Wildman–Crippen MR) is 82.1 cm³/mol. The minimum atomic E-state index is -0.390. The Labute approximate surface area is 129 Å². The van der Waals surface area contributed by atoms with Crippen molar-refractivity contribution in [2.45, 2.75) is 31.9 Å². The minimum absolute atomic E-state index is 0.390. The van der Waals surface area contributed by atoms with Crippen LogP contribution in [0.15, 0.2) is 48.6 Å². The summed E-state index contributed by atoms with van der Waals surface area (Å²) in [5.74, 6) is 0. The molecule has 3 rings (SSSR count). The van der Waals surface area contributed by atoms with Gasteiger partial charge in [0, 0.05) is 11.4 Å². The van der Waals surface area contributed by atoms with Crippen LogP contribution in [0.3, 0.4) is 0 Å². The molecule has 1 saturated heterocycles. The van der Waals surface area contributed by atoms with Gasteiger partial charge in [-0.2, -0.15) is 5.10 Å². The van der Waals surface area contributed by atoms with E-state index in [-0.39, 0.29) is 5.60 Å². The van der Waals surface area contributed by atoms with Crippen LogP contribution in [-0.2, 0) is 16.9 Å². The van der Waals surface area contributed by atoms with Crippen LogP contribution in [0.1, 0.15) is 25.3 Å². The number of halogens is 1. The zero-order valence-corrected chi connectivity index (χ0v) is 12.8. The Hall–Kier alpha value is -1.65. The first-order valence-electron chi connectivity index (χ1n) is 7.12. The molecule has 0 aliphatic carbocycles. The Morgan fingerprint density at radius 1 is 1.38 bits per heavy atom. The number of aromatic nitrogens is 3. The van der Waals surface area contributed by atoms with E-state index in [1.807, 2.05) is 28.9 Å². The van der Waals surface area contributed by atoms with E-state index in [0.29, 0.717) is 13.2 Å². The van der Waals surface area contributed by atoms with Gasteiger partial charge in [-0.05, 0) is 29.7 Å². The summed E-state index contributed by atoms with van der Waals surface area (Å²) in [4.78, 5) is 4.02. The van der Waals surface area contributed by atoms with Crippen molar-refractivity contribution in [3.8, 4) is 0 Å². The maximum Gasteiger partial charge on any atom is 0.137 e. The van der Waals surface area contributed by atoms with Crippen LogP contribution in [0.4, 0.5) is 0 Å². The third kappa shape index (κ3) is 3.01. The molecule has 4 nitrogen and oxygen atoms in total. The van der Waals surface area contributed by atoms with Crippen molar-refractivity contribution in [2.24, 2.45) is 0 Å². The molecule has 1 atom stereocenters. The lowest BCUT2D eigenvalue weighted by atomic mass is 9.89. The lowest BCUT2D eigenvalue weighted by Crippen LogP contribution is -2.31. The van der Waals surface area contributed by atoms with Gasteiger partial charge in [0.1, 0.15) is 18.3 Å². The lowest BCUT2D eigenvalue weighted by Gasteiger charge is -2.28. The Balaban J connectivity index is 1.95. The maximum absolute atomic E-state index is 6.21. The van der Waals surface area contributed by atoms with E-state index < -0.39 is 0 Å². The standard InChI is InChI=1S/C16H18ClN3O/c1-2-3-13-8-16(21-9-13,10-20-12-18-11-19-20)14-4-6-15(17)7-5-14/h3-7,11-12H,2,8-10H2,1H3. The molecule has 5 heteroatoms. The van der Waals surface area contributed by atoms with Gasteiger partial charge in [-0.15, -0.1) is 0 Å². The van der Waals surface area contributed by atoms with Gasteiger partial charge in [-0.1, -0.05) is 36.7 Å². The molecule has 21 heavy (non-hydrogen) atoms. The highest BCUT2D eigenvalue weighted by Crippen LogP contribution is 2.40. The highest BCUT2D eigenvalue weighted by Gasteiger charge is 2.40. The van der Waals surface area contributed by atoms with Crippen molar-refractivity contribution < 1.29 is 4.74 Å². The molecule has 0 saturated carbocycles. The van der Waals surface area contributed by atoms with Crippen molar-refractivity contribution in [1.29, 1.82) is 0 Å². The summed E-state index contributed by atoms with van der Waals surface area (Å²) in [6.45, 7) is 3.47. The van der Waals surface area contributed by atoms with E-state index in [4.69, 9.17) is 16.3 Å². The largest absolute Gasteiger partial charge is 0.364 e. The Morgan fingerprint density at radius 2 is 2.19 bits per heavy atom. The molecule has 2 aromatic rings. The third-order valence-corrected chi connectivity index (χ3v) is 4.05. The molecule has 0 N–H and O–H groups in total. The van der Waals surface area contributed by atoms with Crippen molar-refractivity contribution in [1.82, 2.24) is 14.8 Å². The first kappa shape index (κ1) is 14.3. The molecule has 1 unspecified atom stereocenters. The minimum Gasteiger partial charge on any atom is -0.364 e. The van der Waals surface area contributed by atoms with E-state index in [0.717, 1.165) is 23.4 Å². The number of allylic oxidation sites excluding steroid dienone is 1. The number of nitrogens with zero attached hydrogens (tertiary/aromatic N) is 3. The van der Waals surface area contributed by atoms with Crippen molar-refractivity contribution in [3.63, 3.8) is 0 Å². The van der Waals surface area contributed by atoms with E-state index in [1.54, 1.807) is 12.7 Å². The predicted octanol–water partition coefficient (Wildman–Crippen LogP) is 3.58. The summed E-state index contributed by atoms with van der Waals surface area (Å²) in [7, 11) is 0. The fourth-order valence-electron chi connectivity index (χ4n) is 2.83. The molecule has 2 heterocycles. The molecular formula is C16H18ClN3O. The summed E-state index contributed by atoms with van der Waals surface area (Å²) < 4.78 is 8.03. The Bertz CT molecular complexity index is 621. The van der Waals surface area contributed by atoms with Crippen LogP contribution in [0.2, 0.25) is 5.02 Å². The van der Waals surface area contributed by atoms with Crippen LogP contribution in [-0.4, -0.2) is 21.4 Å². The van der Waals surface area contributed by atoms with Gasteiger partial charge in [0.2, 0.25) is 0 Å². The van der Waals surface area contributed by atoms with Gasteiger partial charge in [-0.3, -0.25) is 0 Å². The molecule has 1 aromatic heterocycles.